The SMILES string of the molecule is CCC1CCCCC1Nc1ccc(C(F)(F)F)cc1F. The maximum Gasteiger partial charge on any atom is 0.416 e. The minimum atomic E-state index is -4.50. The highest BCUT2D eigenvalue weighted by molar-refractivity contribution is 5.47. The van der Waals surface area contributed by atoms with E-state index < -0.39 is 17.6 Å². The van der Waals surface area contributed by atoms with E-state index in [1.165, 1.54) is 12.5 Å². The molecular weight excluding hydrogens is 270 g/mol. The zero-order valence-electron chi connectivity index (χ0n) is 11.4. The highest BCUT2D eigenvalue weighted by atomic mass is 19.4. The Morgan fingerprint density at radius 1 is 1.20 bits per heavy atom. The molecule has 5 heteroatoms. The van der Waals surface area contributed by atoms with Crippen LogP contribution in [0.15, 0.2) is 18.2 Å². The van der Waals surface area contributed by atoms with Crippen LogP contribution in [0.2, 0.25) is 0 Å². The van der Waals surface area contributed by atoms with Crippen LogP contribution in [0.3, 0.4) is 0 Å². The summed E-state index contributed by atoms with van der Waals surface area (Å²) in [6, 6.07) is 2.83. The standard InChI is InChI=1S/C15H19F4N/c1-2-10-5-3-4-6-13(10)20-14-8-7-11(9-12(14)16)15(17,18)19/h7-10,13,20H,2-6H2,1H3. The first kappa shape index (κ1) is 15.1. The van der Waals surface area contributed by atoms with Gasteiger partial charge in [-0.05, 0) is 37.0 Å². The Labute approximate surface area is 116 Å². The number of rotatable bonds is 3. The molecule has 0 aliphatic heterocycles. The fourth-order valence-corrected chi connectivity index (χ4v) is 2.89. The average Bonchev–Trinajstić information content (AvgIpc) is 2.40. The predicted molar refractivity (Wildman–Crippen MR) is 71.1 cm³/mol. The average molecular weight is 289 g/mol. The van der Waals surface area contributed by atoms with Gasteiger partial charge in [0.2, 0.25) is 0 Å². The van der Waals surface area contributed by atoms with Crippen molar-refractivity contribution in [3.8, 4) is 0 Å². The molecule has 2 rings (SSSR count). The Hall–Kier alpha value is -1.26. The molecule has 1 N–H and O–H groups in total. The zero-order chi connectivity index (χ0) is 14.8. The topological polar surface area (TPSA) is 12.0 Å². The van der Waals surface area contributed by atoms with E-state index in [4.69, 9.17) is 0 Å². The lowest BCUT2D eigenvalue weighted by Gasteiger charge is -2.32. The van der Waals surface area contributed by atoms with Crippen molar-refractivity contribution in [1.82, 2.24) is 0 Å². The van der Waals surface area contributed by atoms with E-state index in [9.17, 15) is 17.6 Å². The Balaban J connectivity index is 2.13. The molecule has 20 heavy (non-hydrogen) atoms. The number of alkyl halides is 3. The second-order valence-corrected chi connectivity index (χ2v) is 5.40. The van der Waals surface area contributed by atoms with Gasteiger partial charge in [-0.1, -0.05) is 26.2 Å². The summed E-state index contributed by atoms with van der Waals surface area (Å²) in [4.78, 5) is 0. The van der Waals surface area contributed by atoms with Crippen molar-refractivity contribution in [3.05, 3.63) is 29.6 Å². The molecule has 0 radical (unpaired) electrons. The Bertz CT molecular complexity index is 456. The van der Waals surface area contributed by atoms with Crippen molar-refractivity contribution in [2.75, 3.05) is 5.32 Å². The number of hydrogen-bond acceptors (Lipinski definition) is 1. The Morgan fingerprint density at radius 3 is 2.50 bits per heavy atom. The summed E-state index contributed by atoms with van der Waals surface area (Å²) >= 11 is 0. The van der Waals surface area contributed by atoms with Crippen molar-refractivity contribution in [2.24, 2.45) is 5.92 Å². The molecule has 2 unspecified atom stereocenters. The highest BCUT2D eigenvalue weighted by Crippen LogP contribution is 2.33. The van der Waals surface area contributed by atoms with Crippen LogP contribution in [0.4, 0.5) is 23.2 Å². The number of anilines is 1. The predicted octanol–water partition coefficient (Wildman–Crippen LogP) is 5.23. The molecule has 1 aromatic rings. The quantitative estimate of drug-likeness (QED) is 0.752. The molecule has 1 fully saturated rings. The molecule has 1 aliphatic carbocycles. The van der Waals surface area contributed by atoms with Gasteiger partial charge >= 0.3 is 6.18 Å². The zero-order valence-corrected chi connectivity index (χ0v) is 11.4. The van der Waals surface area contributed by atoms with Gasteiger partial charge in [0.25, 0.3) is 0 Å². The van der Waals surface area contributed by atoms with Crippen LogP contribution in [0, 0.1) is 11.7 Å². The second-order valence-electron chi connectivity index (χ2n) is 5.40. The third-order valence-corrected chi connectivity index (χ3v) is 4.07. The molecular formula is C15H19F4N. The maximum atomic E-state index is 13.8. The van der Waals surface area contributed by atoms with Crippen LogP contribution in [0.1, 0.15) is 44.6 Å². The van der Waals surface area contributed by atoms with E-state index in [1.807, 2.05) is 0 Å². The van der Waals surface area contributed by atoms with Crippen molar-refractivity contribution >= 4 is 5.69 Å². The van der Waals surface area contributed by atoms with E-state index in [0.717, 1.165) is 31.7 Å². The smallest absolute Gasteiger partial charge is 0.380 e. The summed E-state index contributed by atoms with van der Waals surface area (Å²) < 4.78 is 51.3. The summed E-state index contributed by atoms with van der Waals surface area (Å²) in [5.41, 5.74) is -0.778. The summed E-state index contributed by atoms with van der Waals surface area (Å²) in [5, 5.41) is 3.09. The van der Waals surface area contributed by atoms with E-state index >= 15 is 0 Å². The van der Waals surface area contributed by atoms with Crippen LogP contribution >= 0.6 is 0 Å². The summed E-state index contributed by atoms with van der Waals surface area (Å²) in [6.45, 7) is 2.09. The molecule has 0 heterocycles. The molecule has 0 spiro atoms. The number of halogens is 4. The monoisotopic (exact) mass is 289 g/mol. The largest absolute Gasteiger partial charge is 0.416 e. The molecule has 1 nitrogen and oxygen atoms in total. The van der Waals surface area contributed by atoms with Gasteiger partial charge in [0.05, 0.1) is 11.3 Å². The van der Waals surface area contributed by atoms with Gasteiger partial charge < -0.3 is 5.32 Å². The lowest BCUT2D eigenvalue weighted by atomic mass is 9.83. The molecule has 0 saturated heterocycles. The highest BCUT2D eigenvalue weighted by Gasteiger charge is 2.31. The van der Waals surface area contributed by atoms with Gasteiger partial charge in [0.1, 0.15) is 5.82 Å². The van der Waals surface area contributed by atoms with Crippen LogP contribution in [-0.2, 0) is 6.18 Å². The third kappa shape index (κ3) is 3.44. The van der Waals surface area contributed by atoms with Crippen molar-refractivity contribution < 1.29 is 17.6 Å². The van der Waals surface area contributed by atoms with Gasteiger partial charge in [0, 0.05) is 6.04 Å². The fraction of sp³-hybridized carbons (Fsp3) is 0.600. The number of benzene rings is 1. The molecule has 1 aliphatic rings. The summed E-state index contributed by atoms with van der Waals surface area (Å²) in [6.07, 6.45) is 0.786. The summed E-state index contributed by atoms with van der Waals surface area (Å²) in [5.74, 6) is -0.370. The molecule has 1 aromatic carbocycles. The maximum absolute atomic E-state index is 13.8. The molecule has 112 valence electrons. The van der Waals surface area contributed by atoms with Gasteiger partial charge in [-0.15, -0.1) is 0 Å². The third-order valence-electron chi connectivity index (χ3n) is 4.07. The lowest BCUT2D eigenvalue weighted by Crippen LogP contribution is -2.32. The fourth-order valence-electron chi connectivity index (χ4n) is 2.89. The van der Waals surface area contributed by atoms with Gasteiger partial charge in [-0.2, -0.15) is 13.2 Å². The molecule has 0 amide bonds. The first-order chi connectivity index (χ1) is 9.41. The minimum Gasteiger partial charge on any atom is -0.380 e. The Kier molecular flexibility index (Phi) is 4.55. The minimum absolute atomic E-state index is 0.153. The van der Waals surface area contributed by atoms with Crippen molar-refractivity contribution in [3.63, 3.8) is 0 Å². The molecule has 0 bridgehead atoms. The van der Waals surface area contributed by atoms with E-state index in [2.05, 4.69) is 12.2 Å². The van der Waals surface area contributed by atoms with Crippen LogP contribution < -0.4 is 5.32 Å². The van der Waals surface area contributed by atoms with Crippen molar-refractivity contribution in [1.29, 1.82) is 0 Å². The van der Waals surface area contributed by atoms with Crippen LogP contribution in [0.25, 0.3) is 0 Å². The van der Waals surface area contributed by atoms with Gasteiger partial charge in [0.15, 0.2) is 0 Å². The number of hydrogen-bond donors (Lipinski definition) is 1. The second kappa shape index (κ2) is 6.02. The van der Waals surface area contributed by atoms with Crippen molar-refractivity contribution in [2.45, 2.75) is 51.2 Å². The van der Waals surface area contributed by atoms with Gasteiger partial charge in [-0.25, -0.2) is 4.39 Å². The van der Waals surface area contributed by atoms with E-state index in [-0.39, 0.29) is 11.7 Å². The Morgan fingerprint density at radius 2 is 1.90 bits per heavy atom. The van der Waals surface area contributed by atoms with Gasteiger partial charge in [-0.3, -0.25) is 0 Å². The van der Waals surface area contributed by atoms with E-state index in [0.29, 0.717) is 12.0 Å². The van der Waals surface area contributed by atoms with Crippen LogP contribution in [-0.4, -0.2) is 6.04 Å². The van der Waals surface area contributed by atoms with E-state index in [1.54, 1.807) is 0 Å². The summed E-state index contributed by atoms with van der Waals surface area (Å²) in [7, 11) is 0. The number of nitrogens with one attached hydrogen (secondary N) is 1. The first-order valence-corrected chi connectivity index (χ1v) is 7.05. The van der Waals surface area contributed by atoms with Crippen LogP contribution in [0.5, 0.6) is 0 Å². The molecule has 0 aromatic heterocycles. The molecule has 1 saturated carbocycles. The normalized spacial score (nSPS) is 23.6. The molecule has 2 atom stereocenters. The first-order valence-electron chi connectivity index (χ1n) is 7.05. The lowest BCUT2D eigenvalue weighted by molar-refractivity contribution is -0.137.